The fraction of sp³-hybridized carbons (Fsp3) is 0.444. The summed E-state index contributed by atoms with van der Waals surface area (Å²) in [5.74, 6) is 0.789. The second-order valence-electron chi connectivity index (χ2n) is 5.82. The van der Waals surface area contributed by atoms with E-state index in [1.807, 2.05) is 12.1 Å². The van der Waals surface area contributed by atoms with E-state index in [4.69, 9.17) is 9.15 Å². The molecule has 2 heterocycles. The molecular formula is C18H23NO3. The van der Waals surface area contributed by atoms with Crippen LogP contribution in [-0.2, 0) is 24.2 Å². The number of β-amino-alcohol motifs (C(OH)–C–C–N with tert-alkyl or cyclic N) is 1. The smallest absolute Gasteiger partial charge is 0.129 e. The van der Waals surface area contributed by atoms with Gasteiger partial charge in [0.15, 0.2) is 0 Å². The Labute approximate surface area is 131 Å². The molecule has 118 valence electrons. The van der Waals surface area contributed by atoms with Crippen molar-refractivity contribution in [3.8, 4) is 0 Å². The van der Waals surface area contributed by atoms with Gasteiger partial charge in [-0.1, -0.05) is 24.3 Å². The molecule has 0 spiro atoms. The van der Waals surface area contributed by atoms with Gasteiger partial charge in [-0.25, -0.2) is 0 Å². The van der Waals surface area contributed by atoms with E-state index in [2.05, 4.69) is 29.2 Å². The van der Waals surface area contributed by atoms with E-state index in [9.17, 15) is 5.11 Å². The summed E-state index contributed by atoms with van der Waals surface area (Å²) in [6, 6.07) is 12.3. The van der Waals surface area contributed by atoms with Crippen LogP contribution in [0.3, 0.4) is 0 Å². The Morgan fingerprint density at radius 2 is 1.82 bits per heavy atom. The highest BCUT2D eigenvalue weighted by Gasteiger charge is 2.16. The van der Waals surface area contributed by atoms with Crippen LogP contribution in [0.15, 0.2) is 47.1 Å². The van der Waals surface area contributed by atoms with Gasteiger partial charge in [0, 0.05) is 19.6 Å². The van der Waals surface area contributed by atoms with E-state index < -0.39 is 6.10 Å². The highest BCUT2D eigenvalue weighted by atomic mass is 16.5. The average Bonchev–Trinajstić information content (AvgIpc) is 2.96. The minimum atomic E-state index is -0.462. The molecule has 1 atom stereocenters. The normalized spacial score (nSPS) is 17.0. The molecular weight excluding hydrogens is 278 g/mol. The van der Waals surface area contributed by atoms with Gasteiger partial charge >= 0.3 is 0 Å². The van der Waals surface area contributed by atoms with Crippen molar-refractivity contribution in [2.24, 2.45) is 0 Å². The molecule has 0 saturated heterocycles. The van der Waals surface area contributed by atoms with Crippen molar-refractivity contribution in [2.45, 2.75) is 25.6 Å². The molecule has 0 amide bonds. The third-order valence-corrected chi connectivity index (χ3v) is 4.12. The Bertz CT molecular complexity index is 540. The zero-order valence-electron chi connectivity index (χ0n) is 12.8. The second kappa shape index (κ2) is 7.58. The first-order valence-electron chi connectivity index (χ1n) is 7.88. The fourth-order valence-electron chi connectivity index (χ4n) is 2.94. The Kier molecular flexibility index (Phi) is 5.27. The monoisotopic (exact) mass is 301 g/mol. The van der Waals surface area contributed by atoms with Crippen LogP contribution in [0.25, 0.3) is 0 Å². The van der Waals surface area contributed by atoms with E-state index in [-0.39, 0.29) is 0 Å². The molecule has 3 rings (SSSR count). The first kappa shape index (κ1) is 15.3. The largest absolute Gasteiger partial charge is 0.467 e. The molecule has 1 aliphatic rings. The molecule has 2 aromatic rings. The standard InChI is InChI=1S/C18H23NO3/c20-17(13-21-14-18-6-3-11-22-18)12-19-9-7-15-4-1-2-5-16(15)8-10-19/h1-6,11,17,20H,7-10,12-14H2. The van der Waals surface area contributed by atoms with Gasteiger partial charge in [-0.05, 0) is 36.1 Å². The first-order chi connectivity index (χ1) is 10.8. The molecule has 1 N–H and O–H groups in total. The van der Waals surface area contributed by atoms with Gasteiger partial charge in [-0.3, -0.25) is 0 Å². The molecule has 0 fully saturated rings. The number of aliphatic hydroxyl groups is 1. The highest BCUT2D eigenvalue weighted by molar-refractivity contribution is 5.28. The predicted molar refractivity (Wildman–Crippen MR) is 84.7 cm³/mol. The third-order valence-electron chi connectivity index (χ3n) is 4.12. The lowest BCUT2D eigenvalue weighted by Crippen LogP contribution is -2.36. The number of hydrogen-bond donors (Lipinski definition) is 1. The van der Waals surface area contributed by atoms with Crippen molar-refractivity contribution in [1.29, 1.82) is 0 Å². The van der Waals surface area contributed by atoms with Crippen LogP contribution in [-0.4, -0.2) is 42.4 Å². The van der Waals surface area contributed by atoms with Crippen molar-refractivity contribution in [3.63, 3.8) is 0 Å². The number of benzene rings is 1. The van der Waals surface area contributed by atoms with Crippen LogP contribution < -0.4 is 0 Å². The van der Waals surface area contributed by atoms with Crippen LogP contribution >= 0.6 is 0 Å². The summed E-state index contributed by atoms with van der Waals surface area (Å²) in [5, 5.41) is 10.1. The summed E-state index contributed by atoms with van der Waals surface area (Å²) < 4.78 is 10.7. The van der Waals surface area contributed by atoms with Crippen molar-refractivity contribution in [3.05, 3.63) is 59.5 Å². The Morgan fingerprint density at radius 3 is 2.45 bits per heavy atom. The van der Waals surface area contributed by atoms with E-state index >= 15 is 0 Å². The van der Waals surface area contributed by atoms with Gasteiger partial charge in [0.05, 0.1) is 19.0 Å². The summed E-state index contributed by atoms with van der Waals surface area (Å²) in [4.78, 5) is 2.32. The molecule has 22 heavy (non-hydrogen) atoms. The SMILES string of the molecule is OC(COCc1ccco1)CN1CCc2ccccc2CC1. The topological polar surface area (TPSA) is 45.8 Å². The molecule has 1 unspecified atom stereocenters. The number of nitrogens with zero attached hydrogens (tertiary/aromatic N) is 1. The lowest BCUT2D eigenvalue weighted by atomic mass is 10.0. The lowest BCUT2D eigenvalue weighted by molar-refractivity contribution is 0.00569. The summed E-state index contributed by atoms with van der Waals surface area (Å²) in [7, 11) is 0. The Balaban J connectivity index is 1.41. The third kappa shape index (κ3) is 4.19. The van der Waals surface area contributed by atoms with Gasteiger partial charge in [0.1, 0.15) is 12.4 Å². The summed E-state index contributed by atoms with van der Waals surface area (Å²) in [5.41, 5.74) is 2.88. The van der Waals surface area contributed by atoms with Crippen molar-refractivity contribution >= 4 is 0 Å². The number of ether oxygens (including phenoxy) is 1. The molecule has 1 aliphatic heterocycles. The number of fused-ring (bicyclic) bond motifs is 1. The Hall–Kier alpha value is -1.62. The van der Waals surface area contributed by atoms with E-state index in [1.165, 1.54) is 11.1 Å². The maximum atomic E-state index is 10.1. The average molecular weight is 301 g/mol. The van der Waals surface area contributed by atoms with Crippen LogP contribution in [0.4, 0.5) is 0 Å². The van der Waals surface area contributed by atoms with Gasteiger partial charge in [0.2, 0.25) is 0 Å². The number of rotatable bonds is 6. The van der Waals surface area contributed by atoms with Crippen LogP contribution in [0.2, 0.25) is 0 Å². The Morgan fingerprint density at radius 1 is 1.09 bits per heavy atom. The summed E-state index contributed by atoms with van der Waals surface area (Å²) in [6.45, 7) is 3.39. The zero-order chi connectivity index (χ0) is 15.2. The van der Waals surface area contributed by atoms with E-state index in [1.54, 1.807) is 6.26 Å². The second-order valence-corrected chi connectivity index (χ2v) is 5.82. The quantitative estimate of drug-likeness (QED) is 0.889. The van der Waals surface area contributed by atoms with Gasteiger partial charge < -0.3 is 19.2 Å². The molecule has 1 aromatic heterocycles. The van der Waals surface area contributed by atoms with Gasteiger partial charge in [-0.2, -0.15) is 0 Å². The van der Waals surface area contributed by atoms with Crippen LogP contribution in [0.5, 0.6) is 0 Å². The lowest BCUT2D eigenvalue weighted by Gasteiger charge is -2.23. The van der Waals surface area contributed by atoms with Crippen LogP contribution in [0.1, 0.15) is 16.9 Å². The molecule has 0 radical (unpaired) electrons. The van der Waals surface area contributed by atoms with E-state index in [0.717, 1.165) is 31.7 Å². The van der Waals surface area contributed by atoms with Gasteiger partial charge in [0.25, 0.3) is 0 Å². The molecule has 4 nitrogen and oxygen atoms in total. The number of furan rings is 1. The van der Waals surface area contributed by atoms with Crippen molar-refractivity contribution in [1.82, 2.24) is 4.90 Å². The number of aliphatic hydroxyl groups excluding tert-OH is 1. The maximum Gasteiger partial charge on any atom is 0.129 e. The molecule has 0 aliphatic carbocycles. The molecule has 0 saturated carbocycles. The fourth-order valence-corrected chi connectivity index (χ4v) is 2.94. The molecule has 0 bridgehead atoms. The summed E-state index contributed by atoms with van der Waals surface area (Å²) in [6.07, 6.45) is 3.27. The highest BCUT2D eigenvalue weighted by Crippen LogP contribution is 2.15. The molecule has 4 heteroatoms. The first-order valence-corrected chi connectivity index (χ1v) is 7.88. The van der Waals surface area contributed by atoms with Gasteiger partial charge in [-0.15, -0.1) is 0 Å². The van der Waals surface area contributed by atoms with Crippen molar-refractivity contribution < 1.29 is 14.3 Å². The van der Waals surface area contributed by atoms with Crippen molar-refractivity contribution in [2.75, 3.05) is 26.2 Å². The maximum absolute atomic E-state index is 10.1. The van der Waals surface area contributed by atoms with Crippen LogP contribution in [0, 0.1) is 0 Å². The minimum Gasteiger partial charge on any atom is -0.467 e. The molecule has 1 aromatic carbocycles. The number of hydrogen-bond acceptors (Lipinski definition) is 4. The predicted octanol–water partition coefficient (Wildman–Crippen LogP) is 2.26. The minimum absolute atomic E-state index is 0.337. The summed E-state index contributed by atoms with van der Waals surface area (Å²) >= 11 is 0. The zero-order valence-corrected chi connectivity index (χ0v) is 12.8. The van der Waals surface area contributed by atoms with E-state index in [0.29, 0.717) is 19.8 Å².